The molecule has 0 aromatic heterocycles. The molecule has 0 bridgehead atoms. The minimum Gasteiger partial charge on any atom is -0.493 e. The van der Waals surface area contributed by atoms with Crippen molar-refractivity contribution in [2.24, 2.45) is 0 Å². The average Bonchev–Trinajstić information content (AvgIpc) is 2.79. The predicted octanol–water partition coefficient (Wildman–Crippen LogP) is 6.65. The molecule has 3 aromatic rings. The van der Waals surface area contributed by atoms with E-state index in [2.05, 4.69) is 37.2 Å². The summed E-state index contributed by atoms with van der Waals surface area (Å²) in [6, 6.07) is 20.6. The largest absolute Gasteiger partial charge is 0.493 e. The van der Waals surface area contributed by atoms with Crippen molar-refractivity contribution in [1.29, 1.82) is 5.26 Å². The number of nitrogens with zero attached hydrogens (tertiary/aromatic N) is 1. The van der Waals surface area contributed by atoms with Crippen molar-refractivity contribution in [3.05, 3.63) is 91.9 Å². The van der Waals surface area contributed by atoms with Gasteiger partial charge in [0.05, 0.1) is 7.11 Å². The lowest BCUT2D eigenvalue weighted by Crippen LogP contribution is -2.13. The van der Waals surface area contributed by atoms with Gasteiger partial charge in [0.2, 0.25) is 0 Å². The van der Waals surface area contributed by atoms with Crippen LogP contribution in [0.2, 0.25) is 0 Å². The zero-order valence-electron chi connectivity index (χ0n) is 17.5. The predicted molar refractivity (Wildman–Crippen MR) is 133 cm³/mol. The Morgan fingerprint density at radius 1 is 1.06 bits per heavy atom. The van der Waals surface area contributed by atoms with E-state index in [-0.39, 0.29) is 5.57 Å². The second-order valence-electron chi connectivity index (χ2n) is 6.93. The van der Waals surface area contributed by atoms with E-state index in [4.69, 9.17) is 9.47 Å². The smallest absolute Gasteiger partial charge is 0.266 e. The van der Waals surface area contributed by atoms with Crippen molar-refractivity contribution >= 4 is 49.5 Å². The van der Waals surface area contributed by atoms with Crippen molar-refractivity contribution in [3.63, 3.8) is 0 Å². The molecule has 1 amide bonds. The first-order valence-corrected chi connectivity index (χ1v) is 11.2. The Hall–Kier alpha value is -3.08. The summed E-state index contributed by atoms with van der Waals surface area (Å²) < 4.78 is 13.0. The van der Waals surface area contributed by atoms with E-state index in [9.17, 15) is 10.1 Å². The highest BCUT2D eigenvalue weighted by Crippen LogP contribution is 2.35. The number of hydrogen-bond donors (Lipinski definition) is 1. The molecule has 0 spiro atoms. The van der Waals surface area contributed by atoms with Gasteiger partial charge in [0.1, 0.15) is 18.2 Å². The Kier molecular flexibility index (Phi) is 8.09. The van der Waals surface area contributed by atoms with Crippen LogP contribution in [-0.4, -0.2) is 13.0 Å². The van der Waals surface area contributed by atoms with Crippen molar-refractivity contribution in [2.45, 2.75) is 13.5 Å². The van der Waals surface area contributed by atoms with Crippen molar-refractivity contribution in [3.8, 4) is 17.6 Å². The Labute approximate surface area is 203 Å². The van der Waals surface area contributed by atoms with Crippen LogP contribution >= 0.6 is 31.9 Å². The molecular weight excluding hydrogens is 536 g/mol. The third-order valence-corrected chi connectivity index (χ3v) is 5.78. The minimum atomic E-state index is -0.500. The third-order valence-electron chi connectivity index (χ3n) is 4.56. The Balaban J connectivity index is 1.80. The molecule has 0 saturated carbocycles. The number of halogens is 2. The monoisotopic (exact) mass is 554 g/mol. The van der Waals surface area contributed by atoms with Crippen LogP contribution in [0.3, 0.4) is 0 Å². The van der Waals surface area contributed by atoms with E-state index in [1.807, 2.05) is 49.4 Å². The molecule has 3 aromatic carbocycles. The number of hydrogen-bond acceptors (Lipinski definition) is 4. The molecule has 0 radical (unpaired) electrons. The van der Waals surface area contributed by atoms with E-state index in [0.29, 0.717) is 33.8 Å². The number of nitrogens with one attached hydrogen (secondary N) is 1. The van der Waals surface area contributed by atoms with Crippen molar-refractivity contribution in [1.82, 2.24) is 0 Å². The van der Waals surface area contributed by atoms with E-state index in [1.165, 1.54) is 11.6 Å². The zero-order chi connectivity index (χ0) is 23.1. The van der Waals surface area contributed by atoms with E-state index in [0.717, 1.165) is 10.0 Å². The summed E-state index contributed by atoms with van der Waals surface area (Å²) in [6.07, 6.45) is 1.50. The van der Waals surface area contributed by atoms with Crippen molar-refractivity contribution in [2.75, 3.05) is 12.4 Å². The number of aryl methyl sites for hydroxylation is 1. The molecule has 1 N–H and O–H groups in total. The quantitative estimate of drug-likeness (QED) is 0.261. The first-order valence-electron chi connectivity index (χ1n) is 9.64. The third kappa shape index (κ3) is 6.22. The molecule has 0 aliphatic rings. The standard InChI is InChI=1S/C25H20Br2N2O3/c1-16-3-5-17(6-4-16)15-32-24-13-22(27)18(12-23(24)31-2)11-19(14-28)25(30)29-21-9-7-20(26)8-10-21/h3-13H,15H2,1-2H3,(H,29,30)/b19-11+. The van der Waals surface area contributed by atoms with Crippen LogP contribution in [0.5, 0.6) is 11.5 Å². The molecule has 5 nitrogen and oxygen atoms in total. The number of amides is 1. The maximum Gasteiger partial charge on any atom is 0.266 e. The van der Waals surface area contributed by atoms with Gasteiger partial charge in [-0.25, -0.2) is 0 Å². The molecule has 32 heavy (non-hydrogen) atoms. The molecule has 0 atom stereocenters. The van der Waals surface area contributed by atoms with Gasteiger partial charge >= 0.3 is 0 Å². The minimum absolute atomic E-state index is 0.0380. The molecule has 0 saturated heterocycles. The lowest BCUT2D eigenvalue weighted by Gasteiger charge is -2.13. The van der Waals surface area contributed by atoms with Gasteiger partial charge in [-0.05, 0) is 60.5 Å². The molecule has 0 fully saturated rings. The second-order valence-corrected chi connectivity index (χ2v) is 8.70. The molecule has 3 rings (SSSR count). The number of methoxy groups -OCH3 is 1. The topological polar surface area (TPSA) is 71.3 Å². The number of carbonyl (C=O) groups excluding carboxylic acids is 1. The summed E-state index contributed by atoms with van der Waals surface area (Å²) >= 11 is 6.85. The Bertz CT molecular complexity index is 1180. The van der Waals surface area contributed by atoms with Crippen LogP contribution in [0.4, 0.5) is 5.69 Å². The second kappa shape index (κ2) is 11.0. The highest BCUT2D eigenvalue weighted by Gasteiger charge is 2.14. The lowest BCUT2D eigenvalue weighted by atomic mass is 10.1. The van der Waals surface area contributed by atoms with Crippen molar-refractivity contribution < 1.29 is 14.3 Å². The van der Waals surface area contributed by atoms with Gasteiger partial charge in [-0.3, -0.25) is 4.79 Å². The zero-order valence-corrected chi connectivity index (χ0v) is 20.7. The molecular formula is C25H20Br2N2O3. The average molecular weight is 556 g/mol. The van der Waals surface area contributed by atoms with Gasteiger partial charge in [-0.1, -0.05) is 61.7 Å². The first kappa shape index (κ1) is 23.6. The number of nitriles is 1. The van der Waals surface area contributed by atoms with Gasteiger partial charge in [-0.2, -0.15) is 5.26 Å². The molecule has 0 aliphatic carbocycles. The summed E-state index contributed by atoms with van der Waals surface area (Å²) in [7, 11) is 1.54. The van der Waals surface area contributed by atoms with Crippen LogP contribution in [0.15, 0.2) is 75.2 Å². The Morgan fingerprint density at radius 3 is 2.38 bits per heavy atom. The maximum absolute atomic E-state index is 12.6. The van der Waals surface area contributed by atoms with Gasteiger partial charge in [-0.15, -0.1) is 0 Å². The summed E-state index contributed by atoms with van der Waals surface area (Å²) in [4.78, 5) is 12.6. The van der Waals surface area contributed by atoms with Crippen LogP contribution in [0.25, 0.3) is 6.08 Å². The molecule has 7 heteroatoms. The molecule has 162 valence electrons. The SMILES string of the molecule is COc1cc(/C=C(\C#N)C(=O)Nc2ccc(Br)cc2)c(Br)cc1OCc1ccc(C)cc1. The summed E-state index contributed by atoms with van der Waals surface area (Å²) in [5.74, 6) is 0.549. The summed E-state index contributed by atoms with van der Waals surface area (Å²) in [6.45, 7) is 2.42. The number of benzene rings is 3. The van der Waals surface area contributed by atoms with E-state index < -0.39 is 5.91 Å². The molecule has 0 heterocycles. The highest BCUT2D eigenvalue weighted by molar-refractivity contribution is 9.10. The normalized spacial score (nSPS) is 10.9. The molecule has 0 aliphatic heterocycles. The van der Waals surface area contributed by atoms with Gasteiger partial charge in [0.15, 0.2) is 11.5 Å². The van der Waals surface area contributed by atoms with Gasteiger partial charge in [0, 0.05) is 14.6 Å². The van der Waals surface area contributed by atoms with Gasteiger partial charge in [0.25, 0.3) is 5.91 Å². The fourth-order valence-corrected chi connectivity index (χ4v) is 3.52. The number of ether oxygens (including phenoxy) is 2. The molecule has 0 unspecified atom stereocenters. The van der Waals surface area contributed by atoms with E-state index >= 15 is 0 Å². The highest BCUT2D eigenvalue weighted by atomic mass is 79.9. The first-order chi connectivity index (χ1) is 15.4. The maximum atomic E-state index is 12.6. The number of rotatable bonds is 7. The fraction of sp³-hybridized carbons (Fsp3) is 0.120. The van der Waals surface area contributed by atoms with Crippen LogP contribution in [0, 0.1) is 18.3 Å². The summed E-state index contributed by atoms with van der Waals surface area (Å²) in [5.41, 5.74) is 3.39. The van der Waals surface area contributed by atoms with Gasteiger partial charge < -0.3 is 14.8 Å². The number of anilines is 1. The van der Waals surface area contributed by atoms with Crippen LogP contribution in [-0.2, 0) is 11.4 Å². The number of carbonyl (C=O) groups is 1. The Morgan fingerprint density at radius 2 is 1.75 bits per heavy atom. The lowest BCUT2D eigenvalue weighted by molar-refractivity contribution is -0.112. The van der Waals surface area contributed by atoms with Crippen LogP contribution < -0.4 is 14.8 Å². The summed E-state index contributed by atoms with van der Waals surface area (Å²) in [5, 5.41) is 12.2. The fourth-order valence-electron chi connectivity index (χ4n) is 2.81. The van der Waals surface area contributed by atoms with Crippen LogP contribution in [0.1, 0.15) is 16.7 Å². The van der Waals surface area contributed by atoms with E-state index in [1.54, 1.807) is 31.4 Å².